The van der Waals surface area contributed by atoms with Crippen molar-refractivity contribution in [1.29, 1.82) is 0 Å². The van der Waals surface area contributed by atoms with E-state index in [0.717, 1.165) is 17.4 Å². The quantitative estimate of drug-likeness (QED) is 0.892. The second-order valence-electron chi connectivity index (χ2n) is 5.05. The molecule has 1 atom stereocenters. The number of nitrogens with one attached hydrogen (secondary N) is 1. The lowest BCUT2D eigenvalue weighted by atomic mass is 10.1. The normalized spacial score (nSPS) is 13.1. The Labute approximate surface area is 133 Å². The van der Waals surface area contributed by atoms with Gasteiger partial charge in [-0.3, -0.25) is 9.59 Å². The summed E-state index contributed by atoms with van der Waals surface area (Å²) in [6.07, 6.45) is -4.55. The maximum atomic E-state index is 12.7. The van der Waals surface area contributed by atoms with Crippen LogP contribution in [0.15, 0.2) is 12.1 Å². The molecule has 1 amide bonds. The molecule has 2 aromatic rings. The molecule has 23 heavy (non-hydrogen) atoms. The topological polar surface area (TPSA) is 79.3 Å². The van der Waals surface area contributed by atoms with E-state index in [-0.39, 0.29) is 16.3 Å². The van der Waals surface area contributed by atoms with Crippen LogP contribution in [-0.4, -0.2) is 28.5 Å². The van der Waals surface area contributed by atoms with Crippen molar-refractivity contribution >= 4 is 33.4 Å². The number of halogens is 3. The third kappa shape index (κ3) is 3.61. The molecule has 0 saturated carbocycles. The van der Waals surface area contributed by atoms with Crippen molar-refractivity contribution in [3.8, 4) is 0 Å². The molecule has 0 aromatic carbocycles. The Bertz CT molecular complexity index is 770. The average molecular weight is 346 g/mol. The van der Waals surface area contributed by atoms with Crippen molar-refractivity contribution in [3.63, 3.8) is 0 Å². The van der Waals surface area contributed by atoms with Crippen LogP contribution >= 0.6 is 11.3 Å². The van der Waals surface area contributed by atoms with Gasteiger partial charge in [0, 0.05) is 11.9 Å². The third-order valence-electron chi connectivity index (χ3n) is 3.29. The second-order valence-corrected chi connectivity index (χ2v) is 6.05. The molecule has 124 valence electrons. The third-order valence-corrected chi connectivity index (χ3v) is 4.49. The van der Waals surface area contributed by atoms with E-state index in [1.165, 1.54) is 13.0 Å². The molecule has 9 heteroatoms. The number of fused-ring (bicyclic) bond motifs is 1. The molecular formula is C14H13F3N2O3S. The number of alkyl halides is 3. The molecule has 2 rings (SSSR count). The zero-order chi connectivity index (χ0) is 17.4. The number of carbonyl (C=O) groups excluding carboxylic acids is 1. The van der Waals surface area contributed by atoms with Gasteiger partial charge < -0.3 is 10.4 Å². The van der Waals surface area contributed by atoms with Crippen molar-refractivity contribution in [1.82, 2.24) is 10.3 Å². The van der Waals surface area contributed by atoms with Gasteiger partial charge in [0.15, 0.2) is 0 Å². The van der Waals surface area contributed by atoms with Crippen LogP contribution in [-0.2, 0) is 11.0 Å². The van der Waals surface area contributed by atoms with E-state index in [0.29, 0.717) is 10.9 Å². The predicted octanol–water partition coefficient (Wildman–Crippen LogP) is 3.07. The van der Waals surface area contributed by atoms with E-state index < -0.39 is 29.7 Å². The molecule has 0 aliphatic rings. The highest BCUT2D eigenvalue weighted by atomic mass is 32.1. The maximum Gasteiger partial charge on any atom is 0.433 e. The molecule has 0 aliphatic carbocycles. The van der Waals surface area contributed by atoms with Gasteiger partial charge in [0.25, 0.3) is 5.91 Å². The number of aliphatic carboxylic acids is 1. The molecule has 1 unspecified atom stereocenters. The highest BCUT2D eigenvalue weighted by Gasteiger charge is 2.33. The fraction of sp³-hybridized carbons (Fsp3) is 0.357. The van der Waals surface area contributed by atoms with Gasteiger partial charge in [-0.15, -0.1) is 11.3 Å². The maximum absolute atomic E-state index is 12.7. The Morgan fingerprint density at radius 2 is 2.04 bits per heavy atom. The van der Waals surface area contributed by atoms with Crippen LogP contribution in [0.5, 0.6) is 0 Å². The number of pyridine rings is 1. The van der Waals surface area contributed by atoms with Crippen LogP contribution in [0.25, 0.3) is 10.2 Å². The Hall–Kier alpha value is -2.16. The summed E-state index contributed by atoms with van der Waals surface area (Å²) in [7, 11) is 0. The smallest absolute Gasteiger partial charge is 0.433 e. The number of hydrogen-bond acceptors (Lipinski definition) is 4. The van der Waals surface area contributed by atoms with E-state index in [4.69, 9.17) is 5.11 Å². The van der Waals surface area contributed by atoms with Gasteiger partial charge >= 0.3 is 12.1 Å². The summed E-state index contributed by atoms with van der Waals surface area (Å²) in [5, 5.41) is 11.7. The molecule has 2 N–H and O–H groups in total. The van der Waals surface area contributed by atoms with Crippen LogP contribution < -0.4 is 5.32 Å². The van der Waals surface area contributed by atoms with Gasteiger partial charge in [0.2, 0.25) is 0 Å². The molecule has 5 nitrogen and oxygen atoms in total. The number of nitrogens with zero attached hydrogens (tertiary/aromatic N) is 1. The summed E-state index contributed by atoms with van der Waals surface area (Å²) in [6.45, 7) is 2.99. The lowest BCUT2D eigenvalue weighted by Crippen LogP contribution is -2.31. The zero-order valence-electron chi connectivity index (χ0n) is 12.2. The highest BCUT2D eigenvalue weighted by Crippen LogP contribution is 2.34. The minimum Gasteiger partial charge on any atom is -0.481 e. The average Bonchev–Trinajstić information content (AvgIpc) is 2.80. The lowest BCUT2D eigenvalue weighted by molar-refractivity contribution is -0.141. The Balaban J connectivity index is 2.29. The summed E-state index contributed by atoms with van der Waals surface area (Å²) in [5.74, 6) is -2.33. The number of hydrogen-bond donors (Lipinski definition) is 2. The molecule has 0 bridgehead atoms. The predicted molar refractivity (Wildman–Crippen MR) is 78.5 cm³/mol. The summed E-state index contributed by atoms with van der Waals surface area (Å²) in [5.41, 5.74) is -0.496. The molecule has 0 aliphatic heterocycles. The summed E-state index contributed by atoms with van der Waals surface area (Å²) in [4.78, 5) is 26.7. The van der Waals surface area contributed by atoms with Crippen LogP contribution in [0.3, 0.4) is 0 Å². The first-order chi connectivity index (χ1) is 10.6. The first-order valence-corrected chi connectivity index (χ1v) is 7.41. The number of thiophene rings is 1. The van der Waals surface area contributed by atoms with Gasteiger partial charge in [-0.1, -0.05) is 6.92 Å². The monoisotopic (exact) mass is 346 g/mol. The second kappa shape index (κ2) is 6.15. The van der Waals surface area contributed by atoms with E-state index in [1.807, 2.05) is 0 Å². The van der Waals surface area contributed by atoms with Gasteiger partial charge in [0.1, 0.15) is 10.5 Å². The van der Waals surface area contributed by atoms with E-state index in [2.05, 4.69) is 10.3 Å². The minimum atomic E-state index is -4.55. The number of carbonyl (C=O) groups is 2. The van der Waals surface area contributed by atoms with Gasteiger partial charge in [-0.05, 0) is 24.6 Å². The number of aryl methyl sites for hydroxylation is 1. The molecule has 0 radical (unpaired) electrons. The Morgan fingerprint density at radius 3 is 2.61 bits per heavy atom. The zero-order valence-corrected chi connectivity index (χ0v) is 13.0. The van der Waals surface area contributed by atoms with Gasteiger partial charge in [0.05, 0.1) is 10.8 Å². The number of rotatable bonds is 4. The fourth-order valence-electron chi connectivity index (χ4n) is 1.89. The molecule has 2 heterocycles. The van der Waals surface area contributed by atoms with Gasteiger partial charge in [-0.2, -0.15) is 13.2 Å². The van der Waals surface area contributed by atoms with Gasteiger partial charge in [-0.25, -0.2) is 4.98 Å². The summed E-state index contributed by atoms with van der Waals surface area (Å²) in [6, 6.07) is 2.16. The molecular weight excluding hydrogens is 333 g/mol. The largest absolute Gasteiger partial charge is 0.481 e. The van der Waals surface area contributed by atoms with Crippen molar-refractivity contribution in [2.45, 2.75) is 20.0 Å². The lowest BCUT2D eigenvalue weighted by Gasteiger charge is -2.07. The number of carboxylic acid groups (broad SMARTS) is 1. The minimum absolute atomic E-state index is 0.0664. The Morgan fingerprint density at radius 1 is 1.39 bits per heavy atom. The van der Waals surface area contributed by atoms with Crippen LogP contribution in [0, 0.1) is 12.8 Å². The van der Waals surface area contributed by atoms with Crippen molar-refractivity contribution in [2.75, 3.05) is 6.54 Å². The first-order valence-electron chi connectivity index (χ1n) is 6.59. The summed E-state index contributed by atoms with van der Waals surface area (Å²) >= 11 is 0.852. The van der Waals surface area contributed by atoms with E-state index in [9.17, 15) is 22.8 Å². The highest BCUT2D eigenvalue weighted by molar-refractivity contribution is 7.20. The van der Waals surface area contributed by atoms with Crippen LogP contribution in [0.1, 0.15) is 27.9 Å². The van der Waals surface area contributed by atoms with E-state index >= 15 is 0 Å². The molecule has 0 saturated heterocycles. The number of carboxylic acids is 1. The number of amides is 1. The SMILES string of the molecule is Cc1c(C(=O)NCC(C)C(=O)O)sc2nc(C(F)(F)F)ccc12. The van der Waals surface area contributed by atoms with Crippen molar-refractivity contribution in [2.24, 2.45) is 5.92 Å². The van der Waals surface area contributed by atoms with Crippen LogP contribution in [0.4, 0.5) is 13.2 Å². The molecule has 0 fully saturated rings. The summed E-state index contributed by atoms with van der Waals surface area (Å²) < 4.78 is 38.0. The van der Waals surface area contributed by atoms with Crippen LogP contribution in [0.2, 0.25) is 0 Å². The fourth-order valence-corrected chi connectivity index (χ4v) is 2.98. The molecule has 0 spiro atoms. The standard InChI is InChI=1S/C14H13F3N2O3S/c1-6(13(21)22)5-18-11(20)10-7(2)8-3-4-9(14(15,16)17)19-12(8)23-10/h3-4,6H,5H2,1-2H3,(H,18,20)(H,21,22). The first kappa shape index (κ1) is 17.2. The van der Waals surface area contributed by atoms with Crippen molar-refractivity contribution < 1.29 is 27.9 Å². The van der Waals surface area contributed by atoms with E-state index in [1.54, 1.807) is 6.92 Å². The number of aromatic nitrogens is 1. The molecule has 2 aromatic heterocycles. The Kier molecular flexibility index (Phi) is 4.60. The van der Waals surface area contributed by atoms with Crippen molar-refractivity contribution in [3.05, 3.63) is 28.3 Å².